The van der Waals surface area contributed by atoms with Crippen LogP contribution in [0.1, 0.15) is 12.5 Å². The lowest BCUT2D eigenvalue weighted by Gasteiger charge is -2.20. The zero-order valence-corrected chi connectivity index (χ0v) is 10.9. The molecule has 0 saturated carbocycles. The lowest BCUT2D eigenvalue weighted by atomic mass is 10.1. The van der Waals surface area contributed by atoms with E-state index in [2.05, 4.69) is 15.3 Å². The molecule has 1 aromatic heterocycles. The number of rotatable bonds is 4. The van der Waals surface area contributed by atoms with Crippen LogP contribution in [0.4, 0.5) is 11.6 Å². The van der Waals surface area contributed by atoms with Crippen LogP contribution in [-0.4, -0.2) is 55.9 Å². The van der Waals surface area contributed by atoms with Crippen LogP contribution >= 0.6 is 0 Å². The van der Waals surface area contributed by atoms with Gasteiger partial charge < -0.3 is 31.8 Å². The Labute approximate surface area is 115 Å². The summed E-state index contributed by atoms with van der Waals surface area (Å²) >= 11 is 0. The first-order valence-corrected chi connectivity index (χ1v) is 6.05. The van der Waals surface area contributed by atoms with Crippen LogP contribution < -0.4 is 11.1 Å². The maximum Gasteiger partial charge on any atom is 0.141 e. The van der Waals surface area contributed by atoms with Gasteiger partial charge in [0.05, 0.1) is 18.2 Å². The van der Waals surface area contributed by atoms with E-state index < -0.39 is 18.2 Å². The number of nitrogens with two attached hydrogens (primary N) is 1. The van der Waals surface area contributed by atoms with Gasteiger partial charge in [-0.25, -0.2) is 9.97 Å². The number of aromatic nitrogens is 2. The van der Waals surface area contributed by atoms with Crippen molar-refractivity contribution in [3.05, 3.63) is 23.5 Å². The van der Waals surface area contributed by atoms with Gasteiger partial charge in [-0.05, 0) is 12.5 Å². The van der Waals surface area contributed by atoms with Crippen molar-refractivity contribution in [3.63, 3.8) is 0 Å². The van der Waals surface area contributed by atoms with E-state index in [1.807, 2.05) is 0 Å². The number of nitrogens with one attached hydrogen (secondary N) is 2. The van der Waals surface area contributed by atoms with Crippen molar-refractivity contribution in [2.75, 3.05) is 17.7 Å². The predicted octanol–water partition coefficient (Wildman–Crippen LogP) is -1.12. The Morgan fingerprint density at radius 1 is 1.45 bits per heavy atom. The average Bonchev–Trinajstić information content (AvgIpc) is 2.66. The van der Waals surface area contributed by atoms with Crippen LogP contribution in [-0.2, 0) is 0 Å². The van der Waals surface area contributed by atoms with E-state index in [-0.39, 0.29) is 18.1 Å². The standard InChI is InChI=1S/C12H17N5O3/c1-5(13)8-11(14)15-4-16-12(8)17-7-2-6(3-18)9(19)10(7)20/h2,4,7,9-10,13,18-20H,3H2,1H3,(H3,14,15,16,17). The quantitative estimate of drug-likeness (QED) is 0.302. The highest BCUT2D eigenvalue weighted by atomic mass is 16.3. The van der Waals surface area contributed by atoms with E-state index in [1.54, 1.807) is 6.92 Å². The number of hydrogen-bond donors (Lipinski definition) is 6. The fourth-order valence-electron chi connectivity index (χ4n) is 2.15. The first-order valence-electron chi connectivity index (χ1n) is 6.05. The minimum atomic E-state index is -1.12. The van der Waals surface area contributed by atoms with Gasteiger partial charge in [-0.1, -0.05) is 6.08 Å². The molecule has 0 saturated heterocycles. The Kier molecular flexibility index (Phi) is 3.98. The summed E-state index contributed by atoms with van der Waals surface area (Å²) in [6.45, 7) is 1.22. The molecule has 8 nitrogen and oxygen atoms in total. The second kappa shape index (κ2) is 5.53. The SMILES string of the molecule is CC(=N)c1c(N)ncnc1NC1C=C(CO)C(O)C1O. The zero-order valence-electron chi connectivity index (χ0n) is 10.9. The Morgan fingerprint density at radius 3 is 2.70 bits per heavy atom. The first-order chi connectivity index (χ1) is 9.45. The Hall–Kier alpha value is -2.03. The summed E-state index contributed by atoms with van der Waals surface area (Å²) in [4.78, 5) is 7.83. The van der Waals surface area contributed by atoms with Crippen molar-refractivity contribution in [2.45, 2.75) is 25.2 Å². The first kappa shape index (κ1) is 14.4. The maximum absolute atomic E-state index is 9.92. The monoisotopic (exact) mass is 279 g/mol. The van der Waals surface area contributed by atoms with Crippen molar-refractivity contribution in [2.24, 2.45) is 0 Å². The highest BCUT2D eigenvalue weighted by Gasteiger charge is 2.34. The fourth-order valence-corrected chi connectivity index (χ4v) is 2.15. The van der Waals surface area contributed by atoms with Crippen LogP contribution in [0.3, 0.4) is 0 Å². The molecule has 0 bridgehead atoms. The molecule has 1 aliphatic carbocycles. The number of hydrogen-bond acceptors (Lipinski definition) is 8. The third kappa shape index (κ3) is 2.48. The zero-order chi connectivity index (χ0) is 14.9. The molecule has 0 fully saturated rings. The molecule has 108 valence electrons. The number of aliphatic hydroxyl groups excluding tert-OH is 3. The van der Waals surface area contributed by atoms with E-state index >= 15 is 0 Å². The smallest absolute Gasteiger partial charge is 0.141 e. The van der Waals surface area contributed by atoms with Crippen LogP contribution in [0.5, 0.6) is 0 Å². The summed E-state index contributed by atoms with van der Waals surface area (Å²) in [5, 5.41) is 39.3. The Balaban J connectivity index is 2.30. The van der Waals surface area contributed by atoms with E-state index in [0.29, 0.717) is 17.0 Å². The molecule has 1 heterocycles. The van der Waals surface area contributed by atoms with Crippen molar-refractivity contribution in [3.8, 4) is 0 Å². The molecule has 3 atom stereocenters. The topological polar surface area (TPSA) is 148 Å². The van der Waals surface area contributed by atoms with E-state index in [0.717, 1.165) is 0 Å². The summed E-state index contributed by atoms with van der Waals surface area (Å²) in [5.74, 6) is 0.464. The number of nitrogens with zero attached hydrogens (tertiary/aromatic N) is 2. The molecule has 0 radical (unpaired) electrons. The lowest BCUT2D eigenvalue weighted by molar-refractivity contribution is 0.0448. The molecule has 1 aliphatic rings. The third-order valence-electron chi connectivity index (χ3n) is 3.20. The fraction of sp³-hybridized carbons (Fsp3) is 0.417. The second-order valence-electron chi connectivity index (χ2n) is 4.61. The molecule has 7 N–H and O–H groups in total. The summed E-state index contributed by atoms with van der Waals surface area (Å²) in [7, 11) is 0. The molecule has 0 amide bonds. The summed E-state index contributed by atoms with van der Waals surface area (Å²) in [5.41, 5.74) is 6.58. The van der Waals surface area contributed by atoms with Crippen LogP contribution in [0.15, 0.2) is 18.0 Å². The van der Waals surface area contributed by atoms with Crippen molar-refractivity contribution < 1.29 is 15.3 Å². The van der Waals surface area contributed by atoms with Gasteiger partial charge in [0.2, 0.25) is 0 Å². The largest absolute Gasteiger partial charge is 0.392 e. The molecule has 1 aromatic rings. The molecule has 20 heavy (non-hydrogen) atoms. The normalized spacial score (nSPS) is 25.4. The van der Waals surface area contributed by atoms with E-state index in [9.17, 15) is 10.2 Å². The summed E-state index contributed by atoms with van der Waals surface area (Å²) < 4.78 is 0. The molecule has 3 unspecified atom stereocenters. The molecule has 0 aliphatic heterocycles. The number of nitrogen functional groups attached to an aromatic ring is 1. The van der Waals surface area contributed by atoms with Crippen molar-refractivity contribution in [1.29, 1.82) is 5.41 Å². The average molecular weight is 279 g/mol. The van der Waals surface area contributed by atoms with Gasteiger partial charge in [0.25, 0.3) is 0 Å². The molecular weight excluding hydrogens is 262 g/mol. The molecule has 2 rings (SSSR count). The van der Waals surface area contributed by atoms with Crippen LogP contribution in [0.2, 0.25) is 0 Å². The molecular formula is C12H17N5O3. The van der Waals surface area contributed by atoms with Gasteiger partial charge in [0, 0.05) is 5.71 Å². The Bertz CT molecular complexity index is 560. The number of anilines is 2. The minimum absolute atomic E-state index is 0.161. The molecule has 0 spiro atoms. The van der Waals surface area contributed by atoms with E-state index in [4.69, 9.17) is 16.2 Å². The summed E-state index contributed by atoms with van der Waals surface area (Å²) in [6.07, 6.45) is 0.559. The highest BCUT2D eigenvalue weighted by molar-refractivity contribution is 6.04. The second-order valence-corrected chi connectivity index (χ2v) is 4.61. The van der Waals surface area contributed by atoms with Gasteiger partial charge in [0.15, 0.2) is 0 Å². The van der Waals surface area contributed by atoms with Gasteiger partial charge in [-0.15, -0.1) is 0 Å². The summed E-state index contributed by atoms with van der Waals surface area (Å²) in [6, 6.07) is -0.625. The van der Waals surface area contributed by atoms with Crippen molar-refractivity contribution in [1.82, 2.24) is 9.97 Å². The van der Waals surface area contributed by atoms with Crippen LogP contribution in [0.25, 0.3) is 0 Å². The van der Waals surface area contributed by atoms with Gasteiger partial charge in [-0.3, -0.25) is 0 Å². The molecule has 0 aromatic carbocycles. The predicted molar refractivity (Wildman–Crippen MR) is 73.5 cm³/mol. The Morgan fingerprint density at radius 2 is 2.15 bits per heavy atom. The van der Waals surface area contributed by atoms with Gasteiger partial charge in [-0.2, -0.15) is 0 Å². The minimum Gasteiger partial charge on any atom is -0.392 e. The van der Waals surface area contributed by atoms with Gasteiger partial charge in [0.1, 0.15) is 30.2 Å². The highest BCUT2D eigenvalue weighted by Crippen LogP contribution is 2.25. The lowest BCUT2D eigenvalue weighted by Crippen LogP contribution is -2.36. The molecule has 8 heteroatoms. The maximum atomic E-state index is 9.92. The third-order valence-corrected chi connectivity index (χ3v) is 3.20. The van der Waals surface area contributed by atoms with Gasteiger partial charge >= 0.3 is 0 Å². The number of aliphatic hydroxyl groups is 3. The van der Waals surface area contributed by atoms with Crippen LogP contribution in [0, 0.1) is 5.41 Å². The van der Waals surface area contributed by atoms with E-state index in [1.165, 1.54) is 12.4 Å². The van der Waals surface area contributed by atoms with Crippen molar-refractivity contribution >= 4 is 17.3 Å².